The number of carbonyl (C=O) groups is 2. The van der Waals surface area contributed by atoms with Gasteiger partial charge in [0.1, 0.15) is 6.04 Å². The zero-order valence-corrected chi connectivity index (χ0v) is 17.3. The quantitative estimate of drug-likeness (QED) is 0.636. The average molecular weight is 424 g/mol. The van der Waals surface area contributed by atoms with Crippen LogP contribution in [0.5, 0.6) is 0 Å². The zero-order chi connectivity index (χ0) is 20.9. The number of hydrogen-bond acceptors (Lipinski definition) is 4. The van der Waals surface area contributed by atoms with E-state index in [9.17, 15) is 18.0 Å². The van der Waals surface area contributed by atoms with E-state index in [1.165, 1.54) is 25.1 Å². The van der Waals surface area contributed by atoms with Gasteiger partial charge in [0.2, 0.25) is 5.91 Å². The van der Waals surface area contributed by atoms with Crippen molar-refractivity contribution in [3.8, 4) is 0 Å². The summed E-state index contributed by atoms with van der Waals surface area (Å²) in [6.45, 7) is 5.56. The van der Waals surface area contributed by atoms with Crippen LogP contribution in [0.1, 0.15) is 29.8 Å². The van der Waals surface area contributed by atoms with Gasteiger partial charge in [-0.25, -0.2) is 8.42 Å². The lowest BCUT2D eigenvalue weighted by Crippen LogP contribution is -2.44. The van der Waals surface area contributed by atoms with Gasteiger partial charge < -0.3 is 10.6 Å². The molecule has 3 N–H and O–H groups in total. The summed E-state index contributed by atoms with van der Waals surface area (Å²) < 4.78 is 27.8. The van der Waals surface area contributed by atoms with Gasteiger partial charge in [0.05, 0.1) is 15.5 Å². The van der Waals surface area contributed by atoms with E-state index < -0.39 is 22.0 Å². The Morgan fingerprint density at radius 2 is 1.86 bits per heavy atom. The number of aryl methyl sites for hydroxylation is 1. The first-order valence-electron chi connectivity index (χ1n) is 8.61. The molecule has 0 aliphatic heterocycles. The molecule has 0 radical (unpaired) electrons. The van der Waals surface area contributed by atoms with Gasteiger partial charge >= 0.3 is 0 Å². The summed E-state index contributed by atoms with van der Waals surface area (Å²) in [5, 5.41) is 5.18. The van der Waals surface area contributed by atoms with Crippen molar-refractivity contribution >= 4 is 39.1 Å². The van der Waals surface area contributed by atoms with E-state index in [0.29, 0.717) is 12.2 Å². The van der Waals surface area contributed by atoms with Crippen LogP contribution >= 0.6 is 11.6 Å². The minimum atomic E-state index is -3.92. The van der Waals surface area contributed by atoms with Crippen molar-refractivity contribution in [2.75, 3.05) is 11.3 Å². The van der Waals surface area contributed by atoms with E-state index in [1.54, 1.807) is 25.1 Å². The van der Waals surface area contributed by atoms with Crippen LogP contribution in [-0.2, 0) is 14.8 Å². The van der Waals surface area contributed by atoms with Crippen molar-refractivity contribution < 1.29 is 18.0 Å². The molecule has 7 nitrogen and oxygen atoms in total. The molecule has 0 heterocycles. The molecule has 0 unspecified atom stereocenters. The predicted molar refractivity (Wildman–Crippen MR) is 109 cm³/mol. The molecule has 0 aliphatic rings. The largest absolute Gasteiger partial charge is 0.355 e. The lowest BCUT2D eigenvalue weighted by atomic mass is 10.2. The van der Waals surface area contributed by atoms with Gasteiger partial charge in [-0.05, 0) is 56.7 Å². The maximum atomic E-state index is 12.7. The third kappa shape index (κ3) is 5.46. The Kier molecular flexibility index (Phi) is 7.04. The standard InChI is InChI=1S/C19H22ClN3O4S/c1-4-21-18(24)13(3)22-19(25)16-11-15(8-9-17(16)20)28(26,27)23-14-7-5-6-12(2)10-14/h5-11,13,23H,4H2,1-3H3,(H,21,24)(H,22,25)/t13-/m0/s1. The number of benzene rings is 2. The van der Waals surface area contributed by atoms with Crippen LogP contribution in [0.25, 0.3) is 0 Å². The van der Waals surface area contributed by atoms with Crippen LogP contribution in [0.2, 0.25) is 5.02 Å². The topological polar surface area (TPSA) is 104 Å². The SMILES string of the molecule is CCNC(=O)[C@H](C)NC(=O)c1cc(S(=O)(=O)Nc2cccc(C)c2)ccc1Cl. The van der Waals surface area contributed by atoms with Crippen molar-refractivity contribution in [2.24, 2.45) is 0 Å². The average Bonchev–Trinajstić information content (AvgIpc) is 2.61. The van der Waals surface area contributed by atoms with Gasteiger partial charge in [0.25, 0.3) is 15.9 Å². The number of amides is 2. The summed E-state index contributed by atoms with van der Waals surface area (Å²) in [5.41, 5.74) is 1.27. The van der Waals surface area contributed by atoms with Crippen molar-refractivity contribution in [1.29, 1.82) is 0 Å². The van der Waals surface area contributed by atoms with Gasteiger partial charge in [-0.1, -0.05) is 23.7 Å². The minimum absolute atomic E-state index is 0.0371. The van der Waals surface area contributed by atoms with Crippen LogP contribution in [0.3, 0.4) is 0 Å². The summed E-state index contributed by atoms with van der Waals surface area (Å²) in [6.07, 6.45) is 0. The minimum Gasteiger partial charge on any atom is -0.355 e. The molecule has 2 aromatic carbocycles. The summed E-state index contributed by atoms with van der Waals surface area (Å²) >= 11 is 6.07. The Bertz CT molecular complexity index is 992. The van der Waals surface area contributed by atoms with Gasteiger partial charge in [0.15, 0.2) is 0 Å². The second-order valence-corrected chi connectivity index (χ2v) is 8.30. The first-order chi connectivity index (χ1) is 13.1. The highest BCUT2D eigenvalue weighted by atomic mass is 35.5. The summed E-state index contributed by atoms with van der Waals surface area (Å²) in [7, 11) is -3.92. The van der Waals surface area contributed by atoms with E-state index in [4.69, 9.17) is 11.6 Å². The number of halogens is 1. The molecular formula is C19H22ClN3O4S. The molecule has 2 rings (SSSR count). The molecule has 0 aliphatic carbocycles. The van der Waals surface area contributed by atoms with Crippen molar-refractivity contribution in [2.45, 2.75) is 31.7 Å². The summed E-state index contributed by atoms with van der Waals surface area (Å²) in [5.74, 6) is -0.992. The third-order valence-electron chi connectivity index (χ3n) is 3.85. The normalized spacial score (nSPS) is 12.1. The maximum Gasteiger partial charge on any atom is 0.261 e. The van der Waals surface area contributed by atoms with Crippen LogP contribution in [0, 0.1) is 6.92 Å². The molecule has 0 saturated carbocycles. The Hall–Kier alpha value is -2.58. The van der Waals surface area contributed by atoms with E-state index in [2.05, 4.69) is 15.4 Å². The van der Waals surface area contributed by atoms with E-state index >= 15 is 0 Å². The van der Waals surface area contributed by atoms with Crippen LogP contribution in [0.4, 0.5) is 5.69 Å². The van der Waals surface area contributed by atoms with Gasteiger partial charge in [-0.2, -0.15) is 0 Å². The fourth-order valence-electron chi connectivity index (χ4n) is 2.44. The lowest BCUT2D eigenvalue weighted by Gasteiger charge is -2.15. The molecule has 0 saturated heterocycles. The molecule has 28 heavy (non-hydrogen) atoms. The smallest absolute Gasteiger partial charge is 0.261 e. The number of likely N-dealkylation sites (N-methyl/N-ethyl adjacent to an activating group) is 1. The Morgan fingerprint density at radius 3 is 2.50 bits per heavy atom. The number of nitrogens with one attached hydrogen (secondary N) is 3. The first kappa shape index (κ1) is 21.7. The van der Waals surface area contributed by atoms with Crippen molar-refractivity contribution in [3.05, 3.63) is 58.6 Å². The van der Waals surface area contributed by atoms with Gasteiger partial charge in [0, 0.05) is 12.2 Å². The zero-order valence-electron chi connectivity index (χ0n) is 15.7. The second-order valence-electron chi connectivity index (χ2n) is 6.21. The Balaban J connectivity index is 2.26. The number of carbonyl (C=O) groups excluding carboxylic acids is 2. The molecule has 2 aromatic rings. The predicted octanol–water partition coefficient (Wildman–Crippen LogP) is 2.70. The third-order valence-corrected chi connectivity index (χ3v) is 5.56. The highest BCUT2D eigenvalue weighted by Crippen LogP contribution is 2.23. The first-order valence-corrected chi connectivity index (χ1v) is 10.5. The fraction of sp³-hybridized carbons (Fsp3) is 0.263. The molecule has 0 spiro atoms. The lowest BCUT2D eigenvalue weighted by molar-refractivity contribution is -0.122. The van der Waals surface area contributed by atoms with Gasteiger partial charge in [-0.3, -0.25) is 14.3 Å². The molecule has 0 bridgehead atoms. The highest BCUT2D eigenvalue weighted by molar-refractivity contribution is 7.92. The second kappa shape index (κ2) is 9.07. The number of anilines is 1. The number of hydrogen-bond donors (Lipinski definition) is 3. The molecule has 1 atom stereocenters. The van der Waals surface area contributed by atoms with E-state index in [1.807, 2.05) is 13.0 Å². The Morgan fingerprint density at radius 1 is 1.14 bits per heavy atom. The molecule has 9 heteroatoms. The molecule has 0 fully saturated rings. The summed E-state index contributed by atoms with van der Waals surface area (Å²) in [4.78, 5) is 24.1. The van der Waals surface area contributed by atoms with Crippen molar-refractivity contribution in [1.82, 2.24) is 10.6 Å². The molecular weight excluding hydrogens is 402 g/mol. The van der Waals surface area contributed by atoms with Gasteiger partial charge in [-0.15, -0.1) is 0 Å². The fourth-order valence-corrected chi connectivity index (χ4v) is 3.71. The molecule has 150 valence electrons. The van der Waals surface area contributed by atoms with Crippen LogP contribution in [-0.4, -0.2) is 32.8 Å². The van der Waals surface area contributed by atoms with Crippen LogP contribution in [0.15, 0.2) is 47.4 Å². The molecule has 0 aromatic heterocycles. The van der Waals surface area contributed by atoms with Crippen LogP contribution < -0.4 is 15.4 Å². The molecule has 2 amide bonds. The monoisotopic (exact) mass is 423 g/mol. The highest BCUT2D eigenvalue weighted by Gasteiger charge is 2.21. The van der Waals surface area contributed by atoms with Crippen molar-refractivity contribution in [3.63, 3.8) is 0 Å². The van der Waals surface area contributed by atoms with E-state index in [-0.39, 0.29) is 21.4 Å². The maximum absolute atomic E-state index is 12.7. The summed E-state index contributed by atoms with van der Waals surface area (Å²) in [6, 6.07) is 9.92. The number of rotatable bonds is 7. The van der Waals surface area contributed by atoms with E-state index in [0.717, 1.165) is 5.56 Å². The number of sulfonamides is 1. The Labute approximate surface area is 169 Å².